The molecule has 0 aliphatic carbocycles. The summed E-state index contributed by atoms with van der Waals surface area (Å²) in [6, 6.07) is 11.0. The Kier molecular flexibility index (Phi) is 4.42. The van der Waals surface area contributed by atoms with Gasteiger partial charge in [-0.25, -0.2) is 0 Å². The van der Waals surface area contributed by atoms with Crippen molar-refractivity contribution < 1.29 is 14.7 Å². The predicted octanol–water partition coefficient (Wildman–Crippen LogP) is 2.41. The van der Waals surface area contributed by atoms with Crippen molar-refractivity contribution in [1.82, 2.24) is 4.57 Å². The van der Waals surface area contributed by atoms with Crippen LogP contribution in [0, 0.1) is 0 Å². The zero-order chi connectivity index (χ0) is 15.4. The second-order valence-corrected chi connectivity index (χ2v) is 4.80. The number of nitrogens with zero attached hydrogens (tertiary/aromatic N) is 2. The molecule has 0 aliphatic rings. The molecular formula is C16H18N2O3. The minimum atomic E-state index is -0.977. The van der Waals surface area contributed by atoms with E-state index in [1.54, 1.807) is 25.4 Å². The number of carbonyl (C=O) groups excluding carboxylic acids is 1. The molecule has 0 unspecified atom stereocenters. The van der Waals surface area contributed by atoms with Crippen molar-refractivity contribution in [2.24, 2.45) is 0 Å². The van der Waals surface area contributed by atoms with Gasteiger partial charge in [0.1, 0.15) is 12.2 Å². The summed E-state index contributed by atoms with van der Waals surface area (Å²) in [4.78, 5) is 24.8. The van der Waals surface area contributed by atoms with Gasteiger partial charge >= 0.3 is 5.97 Å². The topological polar surface area (TPSA) is 62.5 Å². The fraction of sp³-hybridized carbons (Fsp3) is 0.250. The predicted molar refractivity (Wildman–Crippen MR) is 80.6 cm³/mol. The Bertz CT molecular complexity index is 644. The Morgan fingerprint density at radius 2 is 1.86 bits per heavy atom. The normalized spacial score (nSPS) is 10.4. The van der Waals surface area contributed by atoms with Gasteiger partial charge in [0.2, 0.25) is 0 Å². The zero-order valence-corrected chi connectivity index (χ0v) is 12.1. The molecule has 0 atom stereocenters. The highest BCUT2D eigenvalue weighted by Crippen LogP contribution is 2.17. The van der Waals surface area contributed by atoms with E-state index in [4.69, 9.17) is 5.11 Å². The Balaban J connectivity index is 2.22. The molecule has 5 heteroatoms. The molecule has 2 aromatic rings. The van der Waals surface area contributed by atoms with Crippen LogP contribution < -0.4 is 4.90 Å². The molecule has 1 amide bonds. The van der Waals surface area contributed by atoms with E-state index < -0.39 is 5.97 Å². The van der Waals surface area contributed by atoms with E-state index in [0.29, 0.717) is 5.69 Å². The Morgan fingerprint density at radius 1 is 1.19 bits per heavy atom. The van der Waals surface area contributed by atoms with Crippen molar-refractivity contribution in [3.8, 4) is 0 Å². The molecule has 5 nitrogen and oxygen atoms in total. The van der Waals surface area contributed by atoms with Gasteiger partial charge < -0.3 is 14.6 Å². The van der Waals surface area contributed by atoms with E-state index in [0.717, 1.165) is 12.1 Å². The summed E-state index contributed by atoms with van der Waals surface area (Å²) in [6.45, 7) is 1.85. The average Bonchev–Trinajstić information content (AvgIpc) is 2.93. The molecule has 110 valence electrons. The number of amides is 1. The van der Waals surface area contributed by atoms with E-state index in [1.807, 2.05) is 24.3 Å². The minimum Gasteiger partial charge on any atom is -0.480 e. The average molecular weight is 286 g/mol. The number of benzene rings is 1. The number of anilines is 1. The molecule has 1 heterocycles. The number of carboxylic acids is 1. The smallest absolute Gasteiger partial charge is 0.323 e. The van der Waals surface area contributed by atoms with Crippen molar-refractivity contribution >= 4 is 17.6 Å². The second kappa shape index (κ2) is 6.26. The van der Waals surface area contributed by atoms with E-state index in [2.05, 4.69) is 6.92 Å². The van der Waals surface area contributed by atoms with Gasteiger partial charge in [0.15, 0.2) is 0 Å². The van der Waals surface area contributed by atoms with Gasteiger partial charge in [-0.05, 0) is 36.2 Å². The number of aryl methyl sites for hydroxylation is 1. The van der Waals surface area contributed by atoms with Crippen LogP contribution in [0.25, 0.3) is 0 Å². The van der Waals surface area contributed by atoms with Gasteiger partial charge in [-0.3, -0.25) is 9.59 Å². The first kappa shape index (κ1) is 14.8. The maximum absolute atomic E-state index is 12.5. The highest BCUT2D eigenvalue weighted by molar-refractivity contribution is 6.04. The third kappa shape index (κ3) is 3.31. The lowest BCUT2D eigenvalue weighted by molar-refractivity contribution is -0.137. The maximum atomic E-state index is 12.5. The van der Waals surface area contributed by atoms with E-state index >= 15 is 0 Å². The van der Waals surface area contributed by atoms with Crippen LogP contribution in [0.3, 0.4) is 0 Å². The highest BCUT2D eigenvalue weighted by Gasteiger charge is 2.17. The first-order chi connectivity index (χ1) is 10.0. The van der Waals surface area contributed by atoms with E-state index in [9.17, 15) is 9.59 Å². The van der Waals surface area contributed by atoms with Gasteiger partial charge in [-0.2, -0.15) is 0 Å². The second-order valence-electron chi connectivity index (χ2n) is 4.80. The van der Waals surface area contributed by atoms with Gasteiger partial charge in [-0.1, -0.05) is 19.1 Å². The molecular weight excluding hydrogens is 268 g/mol. The molecule has 0 saturated carbocycles. The molecule has 1 N–H and O–H groups in total. The van der Waals surface area contributed by atoms with Crippen LogP contribution in [0.15, 0.2) is 42.6 Å². The lowest BCUT2D eigenvalue weighted by atomic mass is 10.1. The summed E-state index contributed by atoms with van der Waals surface area (Å²) in [5.41, 5.74) is 2.34. The Hall–Kier alpha value is -2.56. The summed E-state index contributed by atoms with van der Waals surface area (Å²) >= 11 is 0. The highest BCUT2D eigenvalue weighted by atomic mass is 16.4. The van der Waals surface area contributed by atoms with Gasteiger partial charge in [0.25, 0.3) is 5.91 Å². The zero-order valence-electron chi connectivity index (χ0n) is 12.1. The third-order valence-corrected chi connectivity index (χ3v) is 3.39. The number of carboxylic acid groups (broad SMARTS) is 1. The Labute approximate surface area is 123 Å². The fourth-order valence-corrected chi connectivity index (χ4v) is 2.14. The Morgan fingerprint density at radius 3 is 2.43 bits per heavy atom. The SMILES string of the molecule is CCc1ccc(N(C)C(=O)c2cccn2CC(=O)O)cc1. The van der Waals surface area contributed by atoms with Gasteiger partial charge in [0, 0.05) is 18.9 Å². The van der Waals surface area contributed by atoms with Crippen LogP contribution in [0.5, 0.6) is 0 Å². The largest absolute Gasteiger partial charge is 0.480 e. The van der Waals surface area contributed by atoms with E-state index in [1.165, 1.54) is 15.0 Å². The molecule has 0 aliphatic heterocycles. The molecule has 1 aromatic carbocycles. The quantitative estimate of drug-likeness (QED) is 0.918. The molecule has 2 rings (SSSR count). The van der Waals surface area contributed by atoms with E-state index in [-0.39, 0.29) is 12.5 Å². The molecule has 21 heavy (non-hydrogen) atoms. The maximum Gasteiger partial charge on any atom is 0.323 e. The van der Waals surface area contributed by atoms with Crippen molar-refractivity contribution in [3.05, 3.63) is 53.9 Å². The summed E-state index contributed by atoms with van der Waals surface area (Å²) in [5.74, 6) is -1.21. The number of aromatic nitrogens is 1. The standard InChI is InChI=1S/C16H18N2O3/c1-3-12-6-8-13(9-7-12)17(2)16(21)14-5-4-10-18(14)11-15(19)20/h4-10H,3,11H2,1-2H3,(H,19,20). The number of rotatable bonds is 5. The van der Waals surface area contributed by atoms with Crippen LogP contribution in [-0.2, 0) is 17.8 Å². The van der Waals surface area contributed by atoms with Gasteiger partial charge in [-0.15, -0.1) is 0 Å². The monoisotopic (exact) mass is 286 g/mol. The summed E-state index contributed by atoms with van der Waals surface area (Å²) in [5, 5.41) is 8.86. The minimum absolute atomic E-state index is 0.226. The summed E-state index contributed by atoms with van der Waals surface area (Å²) in [7, 11) is 1.68. The van der Waals surface area contributed by atoms with Crippen LogP contribution in [0.2, 0.25) is 0 Å². The molecule has 0 radical (unpaired) electrons. The fourth-order valence-electron chi connectivity index (χ4n) is 2.14. The number of aliphatic carboxylic acids is 1. The molecule has 0 spiro atoms. The summed E-state index contributed by atoms with van der Waals surface area (Å²) in [6.07, 6.45) is 2.54. The number of hydrogen-bond acceptors (Lipinski definition) is 2. The lowest BCUT2D eigenvalue weighted by Crippen LogP contribution is -2.29. The van der Waals surface area contributed by atoms with Crippen LogP contribution in [0.1, 0.15) is 23.0 Å². The first-order valence-electron chi connectivity index (χ1n) is 6.77. The van der Waals surface area contributed by atoms with Crippen molar-refractivity contribution in [3.63, 3.8) is 0 Å². The van der Waals surface area contributed by atoms with Crippen LogP contribution >= 0.6 is 0 Å². The molecule has 0 saturated heterocycles. The third-order valence-electron chi connectivity index (χ3n) is 3.39. The van der Waals surface area contributed by atoms with Crippen LogP contribution in [-0.4, -0.2) is 28.6 Å². The molecule has 1 aromatic heterocycles. The van der Waals surface area contributed by atoms with Crippen LogP contribution in [0.4, 0.5) is 5.69 Å². The molecule has 0 bridgehead atoms. The van der Waals surface area contributed by atoms with Crippen molar-refractivity contribution in [2.75, 3.05) is 11.9 Å². The number of hydrogen-bond donors (Lipinski definition) is 1. The summed E-state index contributed by atoms with van der Waals surface area (Å²) < 4.78 is 1.43. The number of carbonyl (C=O) groups is 2. The van der Waals surface area contributed by atoms with Crippen molar-refractivity contribution in [1.29, 1.82) is 0 Å². The van der Waals surface area contributed by atoms with Gasteiger partial charge in [0.05, 0.1) is 0 Å². The molecule has 0 fully saturated rings. The van der Waals surface area contributed by atoms with Crippen molar-refractivity contribution in [2.45, 2.75) is 19.9 Å². The lowest BCUT2D eigenvalue weighted by Gasteiger charge is -2.18. The first-order valence-corrected chi connectivity index (χ1v) is 6.77.